The van der Waals surface area contributed by atoms with Gasteiger partial charge in [-0.2, -0.15) is 0 Å². The van der Waals surface area contributed by atoms with Crippen molar-refractivity contribution in [2.45, 2.75) is 32.1 Å². The molecule has 0 amide bonds. The lowest BCUT2D eigenvalue weighted by molar-refractivity contribution is -0.165. The van der Waals surface area contributed by atoms with Crippen LogP contribution in [0.4, 0.5) is 0 Å². The molecule has 6 heteroatoms. The van der Waals surface area contributed by atoms with Gasteiger partial charge in [0.05, 0.1) is 17.8 Å². The van der Waals surface area contributed by atoms with Gasteiger partial charge in [0.15, 0.2) is 0 Å². The highest BCUT2D eigenvalue weighted by Crippen LogP contribution is 2.49. The van der Waals surface area contributed by atoms with Gasteiger partial charge in [-0.25, -0.2) is 0 Å². The highest BCUT2D eigenvalue weighted by atomic mass is 16.4. The predicted molar refractivity (Wildman–Crippen MR) is 63.4 cm³/mol. The van der Waals surface area contributed by atoms with Crippen LogP contribution in [0.1, 0.15) is 32.1 Å². The fraction of sp³-hybridized carbons (Fsp3) is 0.769. The minimum absolute atomic E-state index is 0.192. The minimum Gasteiger partial charge on any atom is -0.481 e. The maximum Gasteiger partial charge on any atom is 0.307 e. The lowest BCUT2D eigenvalue weighted by atomic mass is 9.58. The number of rotatable bonds is 3. The molecule has 2 rings (SSSR count). The van der Waals surface area contributed by atoms with Crippen LogP contribution >= 0.6 is 0 Å². The molecule has 0 radical (unpaired) electrons. The zero-order valence-corrected chi connectivity index (χ0v) is 10.5. The first-order valence-electron chi connectivity index (χ1n) is 6.62. The maximum absolute atomic E-state index is 11.4. The number of aliphatic carboxylic acids is 3. The van der Waals surface area contributed by atoms with Crippen LogP contribution in [0.25, 0.3) is 0 Å². The Hall–Kier alpha value is -1.59. The smallest absolute Gasteiger partial charge is 0.307 e. The van der Waals surface area contributed by atoms with Crippen LogP contribution in [-0.2, 0) is 14.4 Å². The number of fused-ring (bicyclic) bond motifs is 1. The van der Waals surface area contributed by atoms with Crippen LogP contribution in [0, 0.1) is 29.6 Å². The van der Waals surface area contributed by atoms with E-state index in [1.165, 1.54) is 0 Å². The molecule has 106 valence electrons. The van der Waals surface area contributed by atoms with Crippen molar-refractivity contribution in [3.05, 3.63) is 0 Å². The van der Waals surface area contributed by atoms with Gasteiger partial charge in [0.25, 0.3) is 0 Å². The summed E-state index contributed by atoms with van der Waals surface area (Å²) in [5.74, 6) is -5.92. The van der Waals surface area contributed by atoms with Crippen LogP contribution in [-0.4, -0.2) is 33.2 Å². The zero-order chi connectivity index (χ0) is 14.2. The summed E-state index contributed by atoms with van der Waals surface area (Å²) in [5.41, 5.74) is 0. The molecule has 0 spiro atoms. The van der Waals surface area contributed by atoms with Gasteiger partial charge in [0, 0.05) is 0 Å². The predicted octanol–water partition coefficient (Wildman–Crippen LogP) is 1.30. The van der Waals surface area contributed by atoms with Crippen molar-refractivity contribution in [3.63, 3.8) is 0 Å². The molecule has 5 atom stereocenters. The molecule has 0 heterocycles. The molecule has 0 saturated heterocycles. The minimum atomic E-state index is -1.10. The van der Waals surface area contributed by atoms with E-state index in [-0.39, 0.29) is 18.3 Å². The Kier molecular flexibility index (Phi) is 3.78. The molecular formula is C13H18O6. The average molecular weight is 270 g/mol. The first kappa shape index (κ1) is 13.8. The second-order valence-electron chi connectivity index (χ2n) is 5.59. The lowest BCUT2D eigenvalue weighted by Gasteiger charge is -2.44. The first-order valence-corrected chi connectivity index (χ1v) is 6.62. The fourth-order valence-electron chi connectivity index (χ4n) is 3.95. The third-order valence-electron chi connectivity index (χ3n) is 4.74. The summed E-state index contributed by atoms with van der Waals surface area (Å²) in [7, 11) is 0. The van der Waals surface area contributed by atoms with Gasteiger partial charge in [-0.1, -0.05) is 6.42 Å². The molecule has 0 aromatic carbocycles. The van der Waals surface area contributed by atoms with E-state index in [4.69, 9.17) is 5.11 Å². The van der Waals surface area contributed by atoms with E-state index in [2.05, 4.69) is 0 Å². The monoisotopic (exact) mass is 270 g/mol. The first-order chi connectivity index (χ1) is 8.93. The van der Waals surface area contributed by atoms with E-state index >= 15 is 0 Å². The fourth-order valence-corrected chi connectivity index (χ4v) is 3.95. The van der Waals surface area contributed by atoms with Gasteiger partial charge >= 0.3 is 17.9 Å². The number of carboxylic acids is 3. The van der Waals surface area contributed by atoms with Gasteiger partial charge in [-0.15, -0.1) is 0 Å². The Morgan fingerprint density at radius 2 is 1.32 bits per heavy atom. The summed E-state index contributed by atoms with van der Waals surface area (Å²) in [4.78, 5) is 33.8. The molecule has 5 unspecified atom stereocenters. The summed E-state index contributed by atoms with van der Waals surface area (Å²) >= 11 is 0. The van der Waals surface area contributed by atoms with Gasteiger partial charge < -0.3 is 15.3 Å². The van der Waals surface area contributed by atoms with Crippen LogP contribution in [0.2, 0.25) is 0 Å². The topological polar surface area (TPSA) is 112 Å². The summed E-state index contributed by atoms with van der Waals surface area (Å²) < 4.78 is 0. The van der Waals surface area contributed by atoms with E-state index < -0.39 is 35.7 Å². The normalized spacial score (nSPS) is 38.2. The Balaban J connectivity index is 2.28. The number of hydrogen-bond acceptors (Lipinski definition) is 3. The van der Waals surface area contributed by atoms with E-state index in [1.807, 2.05) is 0 Å². The molecule has 6 nitrogen and oxygen atoms in total. The second kappa shape index (κ2) is 5.19. The largest absolute Gasteiger partial charge is 0.481 e. The Labute approximate surface area is 110 Å². The van der Waals surface area contributed by atoms with Crippen LogP contribution in [0.3, 0.4) is 0 Å². The van der Waals surface area contributed by atoms with Crippen molar-refractivity contribution in [2.75, 3.05) is 0 Å². The van der Waals surface area contributed by atoms with Crippen LogP contribution in [0.5, 0.6) is 0 Å². The van der Waals surface area contributed by atoms with Crippen molar-refractivity contribution < 1.29 is 29.7 Å². The molecule has 2 saturated carbocycles. The highest BCUT2D eigenvalue weighted by Gasteiger charge is 2.51. The van der Waals surface area contributed by atoms with Crippen LogP contribution in [0.15, 0.2) is 0 Å². The second-order valence-corrected chi connectivity index (χ2v) is 5.59. The van der Waals surface area contributed by atoms with Crippen molar-refractivity contribution in [1.82, 2.24) is 0 Å². The summed E-state index contributed by atoms with van der Waals surface area (Å²) in [6, 6.07) is 0. The molecule has 0 aromatic heterocycles. The number of carbonyl (C=O) groups is 3. The van der Waals surface area contributed by atoms with Gasteiger partial charge in [0.1, 0.15) is 0 Å². The molecule has 0 aromatic rings. The number of hydrogen-bond donors (Lipinski definition) is 3. The van der Waals surface area contributed by atoms with E-state index in [1.54, 1.807) is 0 Å². The molecule has 19 heavy (non-hydrogen) atoms. The molecule has 2 fully saturated rings. The maximum atomic E-state index is 11.4. The van der Waals surface area contributed by atoms with Crippen LogP contribution < -0.4 is 0 Å². The molecule has 0 aliphatic heterocycles. The Morgan fingerprint density at radius 1 is 0.684 bits per heavy atom. The summed E-state index contributed by atoms with van der Waals surface area (Å²) in [6.45, 7) is 0. The zero-order valence-electron chi connectivity index (χ0n) is 10.5. The van der Waals surface area contributed by atoms with Crippen molar-refractivity contribution >= 4 is 17.9 Å². The molecular weight excluding hydrogens is 252 g/mol. The number of carboxylic acid groups (broad SMARTS) is 3. The molecule has 2 aliphatic carbocycles. The molecule has 3 N–H and O–H groups in total. The van der Waals surface area contributed by atoms with Gasteiger partial charge in [-0.3, -0.25) is 14.4 Å². The third-order valence-corrected chi connectivity index (χ3v) is 4.74. The van der Waals surface area contributed by atoms with Gasteiger partial charge in [0.2, 0.25) is 0 Å². The highest BCUT2D eigenvalue weighted by molar-refractivity contribution is 5.81. The Morgan fingerprint density at radius 3 is 1.84 bits per heavy atom. The average Bonchev–Trinajstić information content (AvgIpc) is 2.35. The van der Waals surface area contributed by atoms with E-state index in [0.717, 1.165) is 0 Å². The standard InChI is InChI=1S/C13H18O6/c14-11(15)8-3-1-2-7-6(8)4-5-9(12(16)17)10(7)13(18)19/h6-10H,1-5H2,(H,14,15)(H,16,17)(H,18,19). The van der Waals surface area contributed by atoms with Crippen molar-refractivity contribution in [3.8, 4) is 0 Å². The third kappa shape index (κ3) is 2.43. The molecule has 2 aliphatic rings. The molecule has 0 bridgehead atoms. The summed E-state index contributed by atoms with van der Waals surface area (Å²) in [5, 5.41) is 27.7. The van der Waals surface area contributed by atoms with Crippen molar-refractivity contribution in [1.29, 1.82) is 0 Å². The van der Waals surface area contributed by atoms with Crippen molar-refractivity contribution in [2.24, 2.45) is 29.6 Å². The quantitative estimate of drug-likeness (QED) is 0.712. The summed E-state index contributed by atoms with van der Waals surface area (Å²) in [6.07, 6.45) is 2.61. The Bertz CT molecular complexity index is 404. The SMILES string of the molecule is O=C(O)C1CCCC2C1CCC(C(=O)O)C2C(=O)O. The van der Waals surface area contributed by atoms with E-state index in [9.17, 15) is 24.6 Å². The lowest BCUT2D eigenvalue weighted by Crippen LogP contribution is -2.47. The van der Waals surface area contributed by atoms with E-state index in [0.29, 0.717) is 25.7 Å². The van der Waals surface area contributed by atoms with Gasteiger partial charge in [-0.05, 0) is 37.5 Å².